The molecule has 12 heavy (non-hydrogen) atoms. The third-order valence-electron chi connectivity index (χ3n) is 1.07. The fourth-order valence-electron chi connectivity index (χ4n) is 0.705. The maximum atomic E-state index is 11.7. The van der Waals surface area contributed by atoms with Gasteiger partial charge in [0.1, 0.15) is 0 Å². The van der Waals surface area contributed by atoms with E-state index in [9.17, 15) is 4.57 Å². The quantitative estimate of drug-likeness (QED) is 0.685. The summed E-state index contributed by atoms with van der Waals surface area (Å²) in [6.07, 6.45) is 2.03. The van der Waals surface area contributed by atoms with Crippen molar-refractivity contribution in [3.8, 4) is 0 Å². The molecule has 0 heterocycles. The van der Waals surface area contributed by atoms with E-state index < -0.39 is 7.60 Å². The van der Waals surface area contributed by atoms with E-state index in [4.69, 9.17) is 9.05 Å². The Labute approximate surface area is 81.8 Å². The second-order valence-electron chi connectivity index (χ2n) is 1.99. The Balaban J connectivity index is 4.08. The fourth-order valence-corrected chi connectivity index (χ4v) is 2.62. The molecular weight excluding hydrogens is 243 g/mol. The van der Waals surface area contributed by atoms with E-state index in [0.29, 0.717) is 19.4 Å². The maximum absolute atomic E-state index is 11.7. The van der Waals surface area contributed by atoms with Crippen LogP contribution in [0.25, 0.3) is 0 Å². The van der Waals surface area contributed by atoms with Gasteiger partial charge in [-0.2, -0.15) is 0 Å². The summed E-state index contributed by atoms with van der Waals surface area (Å²) >= 11 is 3.09. The van der Waals surface area contributed by atoms with E-state index in [1.807, 2.05) is 0 Å². The van der Waals surface area contributed by atoms with Gasteiger partial charge < -0.3 is 9.05 Å². The first-order valence-electron chi connectivity index (χ1n) is 3.82. The van der Waals surface area contributed by atoms with Crippen molar-refractivity contribution < 1.29 is 13.6 Å². The predicted molar refractivity (Wildman–Crippen MR) is 53.8 cm³/mol. The molecule has 0 aliphatic heterocycles. The number of hydrogen-bond acceptors (Lipinski definition) is 3. The predicted octanol–water partition coefficient (Wildman–Crippen LogP) is 3.16. The Morgan fingerprint density at radius 1 is 1.33 bits per heavy atom. The fraction of sp³-hybridized carbons (Fsp3) is 0.714. The van der Waals surface area contributed by atoms with Crippen molar-refractivity contribution in [2.24, 2.45) is 0 Å². The van der Waals surface area contributed by atoms with Gasteiger partial charge in [0.05, 0.1) is 19.4 Å². The van der Waals surface area contributed by atoms with E-state index in [-0.39, 0.29) is 0 Å². The minimum Gasteiger partial charge on any atom is -0.309 e. The van der Waals surface area contributed by atoms with E-state index in [1.165, 1.54) is 0 Å². The number of allylic oxidation sites excluding steroid dienone is 1. The minimum atomic E-state index is -2.85. The molecule has 0 saturated heterocycles. The van der Waals surface area contributed by atoms with Crippen LogP contribution in [0.1, 0.15) is 13.8 Å². The van der Waals surface area contributed by atoms with Crippen molar-refractivity contribution in [1.82, 2.24) is 0 Å². The van der Waals surface area contributed by atoms with Gasteiger partial charge >= 0.3 is 7.60 Å². The first-order chi connectivity index (χ1) is 5.68. The van der Waals surface area contributed by atoms with Crippen molar-refractivity contribution in [2.45, 2.75) is 13.8 Å². The molecule has 3 nitrogen and oxygen atoms in total. The van der Waals surface area contributed by atoms with Crippen LogP contribution in [0.4, 0.5) is 0 Å². The summed E-state index contributed by atoms with van der Waals surface area (Å²) < 4.78 is 21.7. The van der Waals surface area contributed by atoms with Gasteiger partial charge in [0, 0.05) is 0 Å². The summed E-state index contributed by atoms with van der Waals surface area (Å²) in [7, 11) is -2.85. The number of rotatable bonds is 6. The standard InChI is InChI=1S/C7H14BrO3P/c1-3-10-12(9,11-4-2)7-5-6-8/h5-6H,3-4,7H2,1-2H3. The van der Waals surface area contributed by atoms with Crippen molar-refractivity contribution in [3.63, 3.8) is 0 Å². The molecule has 0 bridgehead atoms. The Morgan fingerprint density at radius 2 is 1.83 bits per heavy atom. The van der Waals surface area contributed by atoms with E-state index in [2.05, 4.69) is 15.9 Å². The highest BCUT2D eigenvalue weighted by molar-refractivity contribution is 9.11. The summed E-state index contributed by atoms with van der Waals surface area (Å²) in [5.41, 5.74) is 0. The lowest BCUT2D eigenvalue weighted by molar-refractivity contribution is 0.222. The topological polar surface area (TPSA) is 35.5 Å². The largest absolute Gasteiger partial charge is 0.334 e. The Kier molecular flexibility index (Phi) is 7.05. The molecule has 0 atom stereocenters. The molecule has 0 rings (SSSR count). The average Bonchev–Trinajstić information content (AvgIpc) is 2.02. The summed E-state index contributed by atoms with van der Waals surface area (Å²) in [5.74, 6) is 0. The van der Waals surface area contributed by atoms with Crippen LogP contribution in [0.15, 0.2) is 11.1 Å². The molecule has 0 aliphatic rings. The molecule has 0 spiro atoms. The van der Waals surface area contributed by atoms with Crippen LogP contribution in [0, 0.1) is 0 Å². The van der Waals surface area contributed by atoms with Crippen molar-refractivity contribution in [3.05, 3.63) is 11.1 Å². The van der Waals surface area contributed by atoms with Gasteiger partial charge in [-0.05, 0) is 18.8 Å². The molecule has 5 heteroatoms. The van der Waals surface area contributed by atoms with E-state index >= 15 is 0 Å². The highest BCUT2D eigenvalue weighted by Gasteiger charge is 2.20. The second-order valence-corrected chi connectivity index (χ2v) is 4.62. The Morgan fingerprint density at radius 3 is 2.17 bits per heavy atom. The van der Waals surface area contributed by atoms with Gasteiger partial charge in [0.15, 0.2) is 0 Å². The summed E-state index contributed by atoms with van der Waals surface area (Å²) in [5, 5.41) is 0. The molecule has 0 saturated carbocycles. The van der Waals surface area contributed by atoms with Crippen molar-refractivity contribution in [2.75, 3.05) is 19.4 Å². The minimum absolute atomic E-state index is 0.319. The van der Waals surface area contributed by atoms with Crippen LogP contribution in [0.3, 0.4) is 0 Å². The van der Waals surface area contributed by atoms with Crippen LogP contribution in [-0.2, 0) is 13.6 Å². The summed E-state index contributed by atoms with van der Waals surface area (Å²) in [6, 6.07) is 0. The monoisotopic (exact) mass is 256 g/mol. The van der Waals surface area contributed by atoms with Gasteiger partial charge in [0.25, 0.3) is 0 Å². The van der Waals surface area contributed by atoms with Crippen LogP contribution in [0.5, 0.6) is 0 Å². The van der Waals surface area contributed by atoms with Crippen LogP contribution in [-0.4, -0.2) is 19.4 Å². The molecular formula is C7H14BrO3P. The van der Waals surface area contributed by atoms with Gasteiger partial charge in [0.2, 0.25) is 0 Å². The normalized spacial score (nSPS) is 12.6. The molecule has 0 N–H and O–H groups in total. The number of hydrogen-bond donors (Lipinski definition) is 0. The molecule has 0 aromatic rings. The molecule has 0 amide bonds. The lowest BCUT2D eigenvalue weighted by Gasteiger charge is -2.14. The van der Waals surface area contributed by atoms with Gasteiger partial charge in [-0.15, -0.1) is 0 Å². The summed E-state index contributed by atoms with van der Waals surface area (Å²) in [6.45, 7) is 4.41. The maximum Gasteiger partial charge on any atom is 0.334 e. The van der Waals surface area contributed by atoms with E-state index in [0.717, 1.165) is 0 Å². The Bertz CT molecular complexity index is 171. The summed E-state index contributed by atoms with van der Waals surface area (Å²) in [4.78, 5) is 1.65. The SMILES string of the molecule is CCOP(=O)(CC=CBr)OCC. The highest BCUT2D eigenvalue weighted by atomic mass is 79.9. The third-order valence-corrected chi connectivity index (χ3v) is 3.40. The zero-order valence-electron chi connectivity index (χ0n) is 7.33. The van der Waals surface area contributed by atoms with Crippen LogP contribution < -0.4 is 0 Å². The molecule has 0 aromatic carbocycles. The average molecular weight is 257 g/mol. The zero-order valence-corrected chi connectivity index (χ0v) is 9.81. The lowest BCUT2D eigenvalue weighted by Crippen LogP contribution is -1.97. The number of halogens is 1. The van der Waals surface area contributed by atoms with Crippen molar-refractivity contribution >= 4 is 23.5 Å². The first-order valence-corrected chi connectivity index (χ1v) is 6.46. The smallest absolute Gasteiger partial charge is 0.309 e. The van der Waals surface area contributed by atoms with Gasteiger partial charge in [-0.25, -0.2) is 0 Å². The molecule has 0 aromatic heterocycles. The highest BCUT2D eigenvalue weighted by Crippen LogP contribution is 2.47. The first kappa shape index (κ1) is 12.4. The second kappa shape index (κ2) is 6.84. The van der Waals surface area contributed by atoms with Crippen molar-refractivity contribution in [1.29, 1.82) is 0 Å². The zero-order chi connectivity index (χ0) is 9.45. The third kappa shape index (κ3) is 5.09. The van der Waals surface area contributed by atoms with E-state index in [1.54, 1.807) is 24.9 Å². The molecule has 0 unspecified atom stereocenters. The molecule has 0 fully saturated rings. The molecule has 0 radical (unpaired) electrons. The lowest BCUT2D eigenvalue weighted by atomic mass is 10.8. The van der Waals surface area contributed by atoms with Gasteiger partial charge in [-0.3, -0.25) is 4.57 Å². The molecule has 0 aliphatic carbocycles. The van der Waals surface area contributed by atoms with Gasteiger partial charge in [-0.1, -0.05) is 22.0 Å². The van der Waals surface area contributed by atoms with Crippen LogP contribution >= 0.6 is 23.5 Å². The van der Waals surface area contributed by atoms with Crippen LogP contribution in [0.2, 0.25) is 0 Å². The Hall–Kier alpha value is 0.370. The molecule has 72 valence electrons.